The van der Waals surface area contributed by atoms with Gasteiger partial charge in [-0.2, -0.15) is 15.0 Å². The first-order valence-electron chi connectivity index (χ1n) is 6.37. The lowest BCUT2D eigenvalue weighted by Crippen LogP contribution is -2.25. The minimum absolute atomic E-state index is 0.00564. The number of nitrogens with two attached hydrogens (primary N) is 1. The van der Waals surface area contributed by atoms with Crippen LogP contribution in [0.1, 0.15) is 13.8 Å². The van der Waals surface area contributed by atoms with E-state index in [1.807, 2.05) is 13.8 Å². The minimum atomic E-state index is -1.54. The van der Waals surface area contributed by atoms with Gasteiger partial charge in [-0.05, 0) is 26.0 Å². The van der Waals surface area contributed by atoms with Crippen LogP contribution in [0.15, 0.2) is 12.1 Å². The van der Waals surface area contributed by atoms with Gasteiger partial charge < -0.3 is 10.6 Å². The highest BCUT2D eigenvalue weighted by Crippen LogP contribution is 2.22. The number of nitrogens with zero attached hydrogens (tertiary/aromatic N) is 4. The minimum Gasteiger partial charge on any atom is -0.368 e. The van der Waals surface area contributed by atoms with Gasteiger partial charge in [-0.15, -0.1) is 0 Å². The van der Waals surface area contributed by atoms with Gasteiger partial charge in [0.1, 0.15) is 0 Å². The summed E-state index contributed by atoms with van der Waals surface area (Å²) in [6.07, 6.45) is 0. The van der Waals surface area contributed by atoms with E-state index in [2.05, 4.69) is 15.0 Å². The molecule has 0 spiro atoms. The summed E-state index contributed by atoms with van der Waals surface area (Å²) >= 11 is 0. The molecule has 0 aliphatic heterocycles. The van der Waals surface area contributed by atoms with Crippen LogP contribution in [0, 0.1) is 17.5 Å². The quantitative estimate of drug-likeness (QED) is 0.878. The Balaban J connectivity index is 2.54. The first kappa shape index (κ1) is 15.0. The Labute approximate surface area is 119 Å². The topological polar surface area (TPSA) is 67.9 Å². The molecule has 0 atom stereocenters. The standard InChI is InChI=1S/C13H14F3N5/c1-3-21(4-2)13-19-11(18-12(17)20-13)7-5-8(14)10(16)9(15)6-7/h5-6H,3-4H2,1-2H3,(H2,17,18,19,20). The first-order chi connectivity index (χ1) is 9.96. The largest absolute Gasteiger partial charge is 0.368 e. The van der Waals surface area contributed by atoms with Crippen molar-refractivity contribution < 1.29 is 13.2 Å². The van der Waals surface area contributed by atoms with E-state index in [-0.39, 0.29) is 17.3 Å². The zero-order valence-corrected chi connectivity index (χ0v) is 11.6. The predicted octanol–water partition coefficient (Wildman–Crippen LogP) is 2.38. The smallest absolute Gasteiger partial charge is 0.230 e. The third-order valence-corrected chi connectivity index (χ3v) is 2.93. The number of halogens is 3. The molecule has 0 radical (unpaired) electrons. The summed E-state index contributed by atoms with van der Waals surface area (Å²) in [6, 6.07) is 1.64. The third-order valence-electron chi connectivity index (χ3n) is 2.93. The molecule has 0 amide bonds. The molecule has 8 heteroatoms. The average Bonchev–Trinajstić information content (AvgIpc) is 2.45. The van der Waals surface area contributed by atoms with Crippen molar-refractivity contribution in [1.29, 1.82) is 0 Å². The third kappa shape index (κ3) is 3.04. The number of anilines is 2. The average molecular weight is 297 g/mol. The van der Waals surface area contributed by atoms with Crippen molar-refractivity contribution in [2.24, 2.45) is 0 Å². The molecule has 112 valence electrons. The summed E-state index contributed by atoms with van der Waals surface area (Å²) in [5.41, 5.74) is 5.59. The predicted molar refractivity (Wildman–Crippen MR) is 73.1 cm³/mol. The van der Waals surface area contributed by atoms with E-state index in [4.69, 9.17) is 5.73 Å². The molecule has 1 aromatic heterocycles. The van der Waals surface area contributed by atoms with E-state index in [0.717, 1.165) is 12.1 Å². The first-order valence-corrected chi connectivity index (χ1v) is 6.37. The molecule has 1 heterocycles. The fourth-order valence-corrected chi connectivity index (χ4v) is 1.84. The fourth-order valence-electron chi connectivity index (χ4n) is 1.84. The number of aromatic nitrogens is 3. The maximum atomic E-state index is 13.3. The van der Waals surface area contributed by atoms with Gasteiger partial charge in [0.25, 0.3) is 0 Å². The molecule has 0 unspecified atom stereocenters. The maximum absolute atomic E-state index is 13.3. The second-order valence-electron chi connectivity index (χ2n) is 4.24. The van der Waals surface area contributed by atoms with E-state index in [9.17, 15) is 13.2 Å². The normalized spacial score (nSPS) is 10.7. The van der Waals surface area contributed by atoms with Crippen LogP contribution in [0.5, 0.6) is 0 Å². The van der Waals surface area contributed by atoms with Gasteiger partial charge in [0.05, 0.1) is 0 Å². The second kappa shape index (κ2) is 5.94. The number of nitrogen functional groups attached to an aromatic ring is 1. The Morgan fingerprint density at radius 3 is 2.10 bits per heavy atom. The van der Waals surface area contributed by atoms with Crippen LogP contribution < -0.4 is 10.6 Å². The Morgan fingerprint density at radius 2 is 1.57 bits per heavy atom. The molecule has 0 aliphatic carbocycles. The van der Waals surface area contributed by atoms with Crippen molar-refractivity contribution in [2.75, 3.05) is 23.7 Å². The second-order valence-corrected chi connectivity index (χ2v) is 4.24. The number of hydrogen-bond acceptors (Lipinski definition) is 5. The van der Waals surface area contributed by atoms with Crippen molar-refractivity contribution in [1.82, 2.24) is 15.0 Å². The highest BCUT2D eigenvalue weighted by atomic mass is 19.2. The summed E-state index contributed by atoms with van der Waals surface area (Å²) in [5, 5.41) is 0. The molecule has 2 N–H and O–H groups in total. The Kier molecular flexibility index (Phi) is 4.25. The zero-order valence-electron chi connectivity index (χ0n) is 11.6. The summed E-state index contributed by atoms with van der Waals surface area (Å²) in [6.45, 7) is 5.07. The summed E-state index contributed by atoms with van der Waals surface area (Å²) in [7, 11) is 0. The van der Waals surface area contributed by atoms with E-state index in [1.54, 1.807) is 4.90 Å². The summed E-state index contributed by atoms with van der Waals surface area (Å²) in [4.78, 5) is 13.8. The highest BCUT2D eigenvalue weighted by molar-refractivity contribution is 5.58. The summed E-state index contributed by atoms with van der Waals surface area (Å²) in [5.74, 6) is -3.95. The van der Waals surface area contributed by atoms with E-state index < -0.39 is 17.5 Å². The molecule has 1 aromatic carbocycles. The lowest BCUT2D eigenvalue weighted by molar-refractivity contribution is 0.447. The molecule has 21 heavy (non-hydrogen) atoms. The van der Waals surface area contributed by atoms with Gasteiger partial charge in [0.15, 0.2) is 23.3 Å². The lowest BCUT2D eigenvalue weighted by atomic mass is 10.2. The van der Waals surface area contributed by atoms with Gasteiger partial charge in [0, 0.05) is 18.7 Å². The van der Waals surface area contributed by atoms with Gasteiger partial charge in [-0.3, -0.25) is 0 Å². The fraction of sp³-hybridized carbons (Fsp3) is 0.308. The maximum Gasteiger partial charge on any atom is 0.230 e. The molecule has 0 bridgehead atoms. The van der Waals surface area contributed by atoms with Crippen LogP contribution in [0.3, 0.4) is 0 Å². The van der Waals surface area contributed by atoms with Crippen LogP contribution in [0.4, 0.5) is 25.1 Å². The molecular formula is C13H14F3N5. The molecular weight excluding hydrogens is 283 g/mol. The monoisotopic (exact) mass is 297 g/mol. The number of rotatable bonds is 4. The molecule has 2 rings (SSSR count). The molecule has 0 saturated carbocycles. The van der Waals surface area contributed by atoms with Crippen LogP contribution in [-0.2, 0) is 0 Å². The van der Waals surface area contributed by atoms with Crippen LogP contribution in [-0.4, -0.2) is 28.0 Å². The SMILES string of the molecule is CCN(CC)c1nc(N)nc(-c2cc(F)c(F)c(F)c2)n1. The van der Waals surface area contributed by atoms with Gasteiger partial charge in [0.2, 0.25) is 11.9 Å². The van der Waals surface area contributed by atoms with E-state index >= 15 is 0 Å². The van der Waals surface area contributed by atoms with E-state index in [1.165, 1.54) is 0 Å². The van der Waals surface area contributed by atoms with Gasteiger partial charge in [-0.1, -0.05) is 0 Å². The van der Waals surface area contributed by atoms with Crippen molar-refractivity contribution in [2.45, 2.75) is 13.8 Å². The van der Waals surface area contributed by atoms with Crippen molar-refractivity contribution in [3.05, 3.63) is 29.6 Å². The van der Waals surface area contributed by atoms with Gasteiger partial charge >= 0.3 is 0 Å². The molecule has 0 saturated heterocycles. The number of hydrogen-bond donors (Lipinski definition) is 1. The molecule has 0 fully saturated rings. The van der Waals surface area contributed by atoms with Crippen LogP contribution >= 0.6 is 0 Å². The Hall–Kier alpha value is -2.38. The zero-order chi connectivity index (χ0) is 15.6. The van der Waals surface area contributed by atoms with E-state index in [0.29, 0.717) is 19.0 Å². The molecule has 5 nitrogen and oxygen atoms in total. The van der Waals surface area contributed by atoms with Crippen molar-refractivity contribution in [3.8, 4) is 11.4 Å². The summed E-state index contributed by atoms with van der Waals surface area (Å²) < 4.78 is 39.6. The Morgan fingerprint density at radius 1 is 1.00 bits per heavy atom. The van der Waals surface area contributed by atoms with Gasteiger partial charge in [-0.25, -0.2) is 13.2 Å². The van der Waals surface area contributed by atoms with Crippen LogP contribution in [0.25, 0.3) is 11.4 Å². The Bertz CT molecular complexity index is 635. The van der Waals surface area contributed by atoms with Crippen molar-refractivity contribution in [3.63, 3.8) is 0 Å². The number of benzene rings is 1. The van der Waals surface area contributed by atoms with Crippen LogP contribution in [0.2, 0.25) is 0 Å². The lowest BCUT2D eigenvalue weighted by Gasteiger charge is -2.18. The molecule has 0 aliphatic rings. The van der Waals surface area contributed by atoms with Crippen molar-refractivity contribution >= 4 is 11.9 Å². The highest BCUT2D eigenvalue weighted by Gasteiger charge is 2.16. The molecule has 2 aromatic rings.